The second-order valence-electron chi connectivity index (χ2n) is 0.610. The molecule has 7 heavy (non-hydrogen) atoms. The molecule has 0 unspecified atom stereocenters. The third kappa shape index (κ3) is 5.46. The average Bonchev–Trinajstić information content (AvgIpc) is 1.36. The Morgan fingerprint density at radius 2 is 1.14 bits per heavy atom. The fraction of sp³-hybridized carbons (Fsp3) is 0. The van der Waals surface area contributed by atoms with Crippen molar-refractivity contribution in [2.45, 2.75) is 0 Å². The third-order valence-electron chi connectivity index (χ3n) is 0.183. The van der Waals surface area contributed by atoms with E-state index >= 15 is 0 Å². The van der Waals surface area contributed by atoms with Crippen LogP contribution in [-0.4, -0.2) is 22.2 Å². The smallest absolute Gasteiger partial charge is 0.414 e. The van der Waals surface area contributed by atoms with Crippen LogP contribution >= 0.6 is 0 Å². The maximum absolute atomic E-state index is 9.10. The molecule has 0 fully saturated rings. The molecule has 4 nitrogen and oxygen atoms in total. The van der Waals surface area contributed by atoms with E-state index in [0.717, 1.165) is 0 Å². The molecule has 5 heteroatoms. The summed E-state index contributed by atoms with van der Waals surface area (Å²) in [4.78, 5) is 18.2. The molecule has 0 aliphatic heterocycles. The van der Waals surface area contributed by atoms with Crippen molar-refractivity contribution in [2.75, 3.05) is 0 Å². The quantitative estimate of drug-likeness (QED) is 0.344. The molecule has 0 bridgehead atoms. The van der Waals surface area contributed by atoms with Gasteiger partial charge in [0.05, 0.1) is 0 Å². The Balaban J connectivity index is 0. The number of aliphatic carboxylic acids is 2. The summed E-state index contributed by atoms with van der Waals surface area (Å²) >= 11 is 0. The summed E-state index contributed by atoms with van der Waals surface area (Å²) in [5, 5.41) is 14.8. The molecule has 0 atom stereocenters. The van der Waals surface area contributed by atoms with Gasteiger partial charge in [-0.1, -0.05) is 0 Å². The predicted octanol–water partition coefficient (Wildman–Crippen LogP) is -0.847. The van der Waals surface area contributed by atoms with Gasteiger partial charge in [0.25, 0.3) is 0 Å². The molecule has 2 N–H and O–H groups in total. The maximum Gasteiger partial charge on any atom is 0.414 e. The zero-order valence-corrected chi connectivity index (χ0v) is 4.17. The van der Waals surface area contributed by atoms with Gasteiger partial charge in [-0.2, -0.15) is 0 Å². The Hall–Kier alpha value is -0.541. The first-order chi connectivity index (χ1) is 2.64. The molecular formula is C2H2FeO4. The first-order valence-electron chi connectivity index (χ1n) is 1.11. The normalized spacial score (nSPS) is 6.29. The standard InChI is InChI=1S/C2H2O4.Fe/c3-1(4)2(5)6;/h(H,3,4)(H,5,6);. The van der Waals surface area contributed by atoms with E-state index in [4.69, 9.17) is 19.8 Å². The third-order valence-corrected chi connectivity index (χ3v) is 0.183. The molecule has 0 saturated carbocycles. The Morgan fingerprint density at radius 3 is 1.14 bits per heavy atom. The molecule has 0 radical (unpaired) electrons. The molecule has 0 rings (SSSR count). The maximum atomic E-state index is 9.10. The molecule has 0 aromatic carbocycles. The van der Waals surface area contributed by atoms with Gasteiger partial charge in [0.2, 0.25) is 0 Å². The summed E-state index contributed by atoms with van der Waals surface area (Å²) in [6.07, 6.45) is 0. The summed E-state index contributed by atoms with van der Waals surface area (Å²) in [5.41, 5.74) is 0. The number of hydrogen-bond acceptors (Lipinski definition) is 2. The number of carbonyl (C=O) groups is 2. The van der Waals surface area contributed by atoms with Gasteiger partial charge in [-0.15, -0.1) is 0 Å². The van der Waals surface area contributed by atoms with Crippen LogP contribution in [0.2, 0.25) is 0 Å². The van der Waals surface area contributed by atoms with Gasteiger partial charge >= 0.3 is 11.9 Å². The van der Waals surface area contributed by atoms with Gasteiger partial charge < -0.3 is 10.2 Å². The minimum atomic E-state index is -1.82. The van der Waals surface area contributed by atoms with Crippen molar-refractivity contribution in [3.05, 3.63) is 0 Å². The van der Waals surface area contributed by atoms with Crippen molar-refractivity contribution in [1.29, 1.82) is 0 Å². The van der Waals surface area contributed by atoms with Crippen LogP contribution < -0.4 is 0 Å². The van der Waals surface area contributed by atoms with Crippen LogP contribution in [0.5, 0.6) is 0 Å². The Kier molecular flexibility index (Phi) is 5.04. The van der Waals surface area contributed by atoms with E-state index in [1.165, 1.54) is 0 Å². The Bertz CT molecular complexity index is 75.7. The minimum Gasteiger partial charge on any atom is -0.473 e. The number of carboxylic acids is 2. The second-order valence-corrected chi connectivity index (χ2v) is 0.610. The van der Waals surface area contributed by atoms with Crippen LogP contribution in [0, 0.1) is 0 Å². The zero-order chi connectivity index (χ0) is 5.15. The summed E-state index contributed by atoms with van der Waals surface area (Å²) in [6, 6.07) is 0. The van der Waals surface area contributed by atoms with E-state index in [2.05, 4.69) is 0 Å². The van der Waals surface area contributed by atoms with Gasteiger partial charge in [0, 0.05) is 17.1 Å². The number of hydrogen-bond donors (Lipinski definition) is 2. The largest absolute Gasteiger partial charge is 0.473 e. The van der Waals surface area contributed by atoms with E-state index < -0.39 is 11.9 Å². The number of rotatable bonds is 0. The first-order valence-corrected chi connectivity index (χ1v) is 1.11. The predicted molar refractivity (Wildman–Crippen MR) is 15.3 cm³/mol. The van der Waals surface area contributed by atoms with Crippen molar-refractivity contribution < 1.29 is 36.9 Å². The molecule has 42 valence electrons. The zero-order valence-electron chi connectivity index (χ0n) is 3.06. The van der Waals surface area contributed by atoms with Crippen LogP contribution in [0.3, 0.4) is 0 Å². The molecule has 0 aliphatic rings. The van der Waals surface area contributed by atoms with Crippen molar-refractivity contribution in [1.82, 2.24) is 0 Å². The molecule has 0 amide bonds. The van der Waals surface area contributed by atoms with Crippen molar-refractivity contribution in [3.8, 4) is 0 Å². The van der Waals surface area contributed by atoms with E-state index in [9.17, 15) is 0 Å². The molecule has 0 aromatic rings. The van der Waals surface area contributed by atoms with Gasteiger partial charge in [-0.3, -0.25) is 0 Å². The summed E-state index contributed by atoms with van der Waals surface area (Å²) in [6.45, 7) is 0. The SMILES string of the molecule is O=C(O)C(=O)O.[Fe]. The van der Waals surface area contributed by atoms with Crippen LogP contribution in [-0.2, 0) is 26.7 Å². The summed E-state index contributed by atoms with van der Waals surface area (Å²) in [7, 11) is 0. The van der Waals surface area contributed by atoms with E-state index in [1.54, 1.807) is 0 Å². The monoisotopic (exact) mass is 146 g/mol. The topological polar surface area (TPSA) is 74.6 Å². The van der Waals surface area contributed by atoms with E-state index in [0.29, 0.717) is 0 Å². The van der Waals surface area contributed by atoms with Gasteiger partial charge in [0.15, 0.2) is 0 Å². The molecule has 0 aliphatic carbocycles. The summed E-state index contributed by atoms with van der Waals surface area (Å²) in [5.74, 6) is -3.65. The van der Waals surface area contributed by atoms with Crippen LogP contribution in [0.25, 0.3) is 0 Å². The fourth-order valence-corrected chi connectivity index (χ4v) is 0. The summed E-state index contributed by atoms with van der Waals surface area (Å²) < 4.78 is 0. The van der Waals surface area contributed by atoms with Gasteiger partial charge in [-0.05, 0) is 0 Å². The van der Waals surface area contributed by atoms with Crippen molar-refractivity contribution in [3.63, 3.8) is 0 Å². The first kappa shape index (κ1) is 9.68. The minimum absolute atomic E-state index is 0. The molecule has 0 heterocycles. The van der Waals surface area contributed by atoms with Crippen LogP contribution in [0.4, 0.5) is 0 Å². The van der Waals surface area contributed by atoms with Gasteiger partial charge in [-0.25, -0.2) is 9.59 Å². The molecule has 0 aromatic heterocycles. The molecule has 0 saturated heterocycles. The Morgan fingerprint density at radius 1 is 1.00 bits per heavy atom. The Labute approximate surface area is 49.6 Å². The fourth-order valence-electron chi connectivity index (χ4n) is 0. The van der Waals surface area contributed by atoms with Crippen LogP contribution in [0.15, 0.2) is 0 Å². The van der Waals surface area contributed by atoms with Crippen molar-refractivity contribution >= 4 is 11.9 Å². The van der Waals surface area contributed by atoms with Crippen molar-refractivity contribution in [2.24, 2.45) is 0 Å². The van der Waals surface area contributed by atoms with E-state index in [1.807, 2.05) is 0 Å². The van der Waals surface area contributed by atoms with Gasteiger partial charge in [0.1, 0.15) is 0 Å². The molecular weight excluding hydrogens is 144 g/mol. The van der Waals surface area contributed by atoms with Crippen LogP contribution in [0.1, 0.15) is 0 Å². The second kappa shape index (κ2) is 3.64. The average molecular weight is 146 g/mol. The number of carboxylic acid groups (broad SMARTS) is 2. The molecule has 0 spiro atoms. The van der Waals surface area contributed by atoms with E-state index in [-0.39, 0.29) is 17.1 Å².